The molecule has 0 unspecified atom stereocenters. The monoisotopic (exact) mass is 718 g/mol. The van der Waals surface area contributed by atoms with Gasteiger partial charge in [0.2, 0.25) is 0 Å². The van der Waals surface area contributed by atoms with Gasteiger partial charge in [-0.15, -0.1) is 0 Å². The SMILES string of the molecule is O=C(OC#Cc1ccccc1)C(C(=O)OC(=O)C(C(=O)OC#Cc1ccccc1)=C(c1ccccc1)c1ccccc1)=C(c1ccccc1)c1ccccc1. The van der Waals surface area contributed by atoms with Crippen molar-refractivity contribution in [1.29, 1.82) is 0 Å². The molecule has 6 aromatic rings. The zero-order valence-corrected chi connectivity index (χ0v) is 29.2. The third kappa shape index (κ3) is 9.66. The van der Waals surface area contributed by atoms with Crippen molar-refractivity contribution in [3.05, 3.63) is 227 Å². The highest BCUT2D eigenvalue weighted by Crippen LogP contribution is 2.31. The lowest BCUT2D eigenvalue weighted by atomic mass is 9.92. The van der Waals surface area contributed by atoms with Gasteiger partial charge in [0.1, 0.15) is 12.2 Å². The molecule has 0 saturated carbocycles. The molecule has 55 heavy (non-hydrogen) atoms. The average molecular weight is 719 g/mol. The second-order valence-corrected chi connectivity index (χ2v) is 11.6. The van der Waals surface area contributed by atoms with Crippen molar-refractivity contribution in [2.24, 2.45) is 0 Å². The quantitative estimate of drug-likeness (QED) is 0.0391. The Morgan fingerprint density at radius 1 is 0.327 bits per heavy atom. The van der Waals surface area contributed by atoms with Gasteiger partial charge in [-0.2, -0.15) is 0 Å². The van der Waals surface area contributed by atoms with E-state index in [1.165, 1.54) is 0 Å². The van der Waals surface area contributed by atoms with E-state index < -0.39 is 35.0 Å². The van der Waals surface area contributed by atoms with Crippen LogP contribution in [0, 0.1) is 24.1 Å². The average Bonchev–Trinajstić information content (AvgIpc) is 3.23. The lowest BCUT2D eigenvalue weighted by Gasteiger charge is -2.16. The van der Waals surface area contributed by atoms with Crippen LogP contribution in [0.1, 0.15) is 33.4 Å². The molecule has 0 N–H and O–H groups in total. The number of carbonyl (C=O) groups excluding carboxylic acids is 4. The summed E-state index contributed by atoms with van der Waals surface area (Å²) in [4.78, 5) is 56.7. The van der Waals surface area contributed by atoms with E-state index in [0.717, 1.165) is 0 Å². The predicted molar refractivity (Wildman–Crippen MR) is 208 cm³/mol. The Morgan fingerprint density at radius 3 is 0.855 bits per heavy atom. The summed E-state index contributed by atoms with van der Waals surface area (Å²) in [5.41, 5.74) is 1.85. The Balaban J connectivity index is 1.48. The Morgan fingerprint density at radius 2 is 0.582 bits per heavy atom. The third-order valence-electron chi connectivity index (χ3n) is 7.98. The summed E-state index contributed by atoms with van der Waals surface area (Å²) in [6, 6.07) is 52.0. The molecule has 0 aliphatic rings. The van der Waals surface area contributed by atoms with E-state index >= 15 is 0 Å². The minimum atomic E-state index is -1.39. The van der Waals surface area contributed by atoms with Crippen LogP contribution in [0.5, 0.6) is 0 Å². The summed E-state index contributed by atoms with van der Waals surface area (Å²) in [7, 11) is 0. The molecule has 0 aliphatic heterocycles. The van der Waals surface area contributed by atoms with Crippen LogP contribution in [0.3, 0.4) is 0 Å². The molecule has 0 aromatic heterocycles. The topological polar surface area (TPSA) is 96.0 Å². The fourth-order valence-electron chi connectivity index (χ4n) is 5.50. The van der Waals surface area contributed by atoms with Crippen LogP contribution in [0.2, 0.25) is 0 Å². The molecule has 0 bridgehead atoms. The molecule has 0 aliphatic carbocycles. The predicted octanol–water partition coefficient (Wildman–Crippen LogP) is 8.17. The molecule has 0 fully saturated rings. The van der Waals surface area contributed by atoms with Crippen LogP contribution < -0.4 is 0 Å². The van der Waals surface area contributed by atoms with Crippen molar-refractivity contribution in [1.82, 2.24) is 0 Å². The first-order chi connectivity index (χ1) is 27.0. The number of ether oxygens (including phenoxy) is 3. The van der Waals surface area contributed by atoms with Crippen molar-refractivity contribution in [2.75, 3.05) is 0 Å². The summed E-state index contributed by atoms with van der Waals surface area (Å²) in [6.45, 7) is 0. The van der Waals surface area contributed by atoms with Gasteiger partial charge in [0.15, 0.2) is 11.1 Å². The minimum Gasteiger partial charge on any atom is -0.385 e. The highest BCUT2D eigenvalue weighted by atomic mass is 16.6. The Bertz CT molecular complexity index is 2220. The lowest BCUT2D eigenvalue weighted by molar-refractivity contribution is -0.156. The molecule has 264 valence electrons. The van der Waals surface area contributed by atoms with Crippen LogP contribution in [0.15, 0.2) is 193 Å². The Hall–Kier alpha value is -8.00. The molecule has 6 rings (SSSR count). The second kappa shape index (κ2) is 18.5. The molecule has 0 radical (unpaired) electrons. The number of carbonyl (C=O) groups is 4. The number of esters is 4. The van der Waals surface area contributed by atoms with Crippen LogP contribution in [0.4, 0.5) is 0 Å². The van der Waals surface area contributed by atoms with Gasteiger partial charge >= 0.3 is 23.9 Å². The van der Waals surface area contributed by atoms with Crippen molar-refractivity contribution in [3.8, 4) is 24.1 Å². The fourth-order valence-corrected chi connectivity index (χ4v) is 5.50. The Labute approximate surface area is 318 Å². The normalized spacial score (nSPS) is 9.82. The maximum Gasteiger partial charge on any atom is 0.360 e. The van der Waals surface area contributed by atoms with Crippen LogP contribution >= 0.6 is 0 Å². The molecular weight excluding hydrogens is 689 g/mol. The molecular formula is C48H30O7. The molecule has 0 saturated heterocycles. The van der Waals surface area contributed by atoms with Gasteiger partial charge in [-0.25, -0.2) is 19.2 Å². The fraction of sp³-hybridized carbons (Fsp3) is 0. The first kappa shape index (κ1) is 36.8. The largest absolute Gasteiger partial charge is 0.385 e. The minimum absolute atomic E-state index is 0.110. The zero-order chi connectivity index (χ0) is 38.2. The second-order valence-electron chi connectivity index (χ2n) is 11.6. The van der Waals surface area contributed by atoms with E-state index in [4.69, 9.17) is 14.2 Å². The smallest absolute Gasteiger partial charge is 0.360 e. The van der Waals surface area contributed by atoms with Crippen molar-refractivity contribution in [3.63, 3.8) is 0 Å². The third-order valence-corrected chi connectivity index (χ3v) is 7.98. The molecule has 0 atom stereocenters. The van der Waals surface area contributed by atoms with E-state index in [2.05, 4.69) is 24.1 Å². The highest BCUT2D eigenvalue weighted by Gasteiger charge is 2.34. The van der Waals surface area contributed by atoms with Gasteiger partial charge in [0.05, 0.1) is 0 Å². The van der Waals surface area contributed by atoms with Gasteiger partial charge in [0.25, 0.3) is 0 Å². The van der Waals surface area contributed by atoms with Crippen LogP contribution in [-0.4, -0.2) is 23.9 Å². The van der Waals surface area contributed by atoms with Gasteiger partial charge in [-0.3, -0.25) is 0 Å². The standard InChI is InChI=1S/C48H30O7/c49-45(53-33-31-35-19-7-1-8-20-35)43(41(37-23-11-3-12-24-37)38-25-13-4-14-26-38)47(51)55-48(52)44(46(50)54-34-32-36-21-9-2-10-22-36)42(39-27-15-5-16-28-39)40-29-17-6-18-30-40/h1-30H. The highest BCUT2D eigenvalue weighted by molar-refractivity contribution is 6.28. The Kier molecular flexibility index (Phi) is 12.4. The molecule has 7 heteroatoms. The van der Waals surface area contributed by atoms with Crippen LogP contribution in [-0.2, 0) is 33.4 Å². The first-order valence-corrected chi connectivity index (χ1v) is 17.0. The maximum atomic E-state index is 14.4. The molecule has 0 heterocycles. The van der Waals surface area contributed by atoms with Gasteiger partial charge < -0.3 is 14.2 Å². The summed E-state index contributed by atoms with van der Waals surface area (Å²) in [5, 5.41) is 0. The summed E-state index contributed by atoms with van der Waals surface area (Å²) in [6.07, 6.45) is 4.72. The number of rotatable bonds is 8. The lowest BCUT2D eigenvalue weighted by Crippen LogP contribution is -2.26. The molecule has 0 amide bonds. The van der Waals surface area contributed by atoms with E-state index in [1.807, 2.05) is 12.1 Å². The van der Waals surface area contributed by atoms with Crippen molar-refractivity contribution < 1.29 is 33.4 Å². The molecule has 7 nitrogen and oxygen atoms in total. The van der Waals surface area contributed by atoms with E-state index in [0.29, 0.717) is 33.4 Å². The summed E-state index contributed by atoms with van der Waals surface area (Å²) in [5.74, 6) is 0.313. The van der Waals surface area contributed by atoms with Gasteiger partial charge in [-0.05, 0) is 58.4 Å². The van der Waals surface area contributed by atoms with E-state index in [9.17, 15) is 19.2 Å². The number of hydrogen-bond acceptors (Lipinski definition) is 7. The van der Waals surface area contributed by atoms with Crippen molar-refractivity contribution in [2.45, 2.75) is 0 Å². The zero-order valence-electron chi connectivity index (χ0n) is 29.2. The first-order valence-electron chi connectivity index (χ1n) is 17.0. The van der Waals surface area contributed by atoms with Crippen LogP contribution in [0.25, 0.3) is 11.1 Å². The molecule has 6 aromatic carbocycles. The number of benzene rings is 6. The number of hydrogen-bond donors (Lipinski definition) is 0. The van der Waals surface area contributed by atoms with Gasteiger partial charge in [0, 0.05) is 22.3 Å². The van der Waals surface area contributed by atoms with E-state index in [-0.39, 0.29) is 11.1 Å². The van der Waals surface area contributed by atoms with Gasteiger partial charge in [-0.1, -0.05) is 158 Å². The van der Waals surface area contributed by atoms with Crippen molar-refractivity contribution >= 4 is 35.0 Å². The summed E-state index contributed by atoms with van der Waals surface area (Å²) < 4.78 is 16.2. The summed E-state index contributed by atoms with van der Waals surface area (Å²) >= 11 is 0. The van der Waals surface area contributed by atoms with E-state index in [1.54, 1.807) is 170 Å². The molecule has 0 spiro atoms. The maximum absolute atomic E-state index is 14.4.